The van der Waals surface area contributed by atoms with Gasteiger partial charge in [0.05, 0.1) is 22.3 Å². The van der Waals surface area contributed by atoms with E-state index in [2.05, 4.69) is 20.9 Å². The highest BCUT2D eigenvalue weighted by molar-refractivity contribution is 9.10. The first kappa shape index (κ1) is 19.7. The SMILES string of the molecule is CCOC(=O)/C(C=Nc1ccc(F)cc1)=C(/O)c1cc(F)c(Br)cc1F. The molecule has 4 nitrogen and oxygen atoms in total. The Bertz CT molecular complexity index is 880. The first-order valence-corrected chi connectivity index (χ1v) is 8.17. The maximum atomic E-state index is 14.1. The number of ether oxygens (including phenoxy) is 1. The fraction of sp³-hybridized carbons (Fsp3) is 0.111. The average Bonchev–Trinajstić information content (AvgIpc) is 2.60. The molecule has 0 spiro atoms. The Morgan fingerprint density at radius 3 is 2.46 bits per heavy atom. The van der Waals surface area contributed by atoms with Crippen molar-refractivity contribution in [2.24, 2.45) is 4.99 Å². The van der Waals surface area contributed by atoms with Crippen molar-refractivity contribution in [2.45, 2.75) is 6.92 Å². The first-order chi connectivity index (χ1) is 12.3. The number of aliphatic hydroxyl groups excluding tert-OH is 1. The van der Waals surface area contributed by atoms with Crippen LogP contribution in [0.1, 0.15) is 12.5 Å². The number of aliphatic hydroxyl groups is 1. The largest absolute Gasteiger partial charge is 0.506 e. The van der Waals surface area contributed by atoms with Crippen LogP contribution in [-0.2, 0) is 9.53 Å². The fourth-order valence-electron chi connectivity index (χ4n) is 1.93. The van der Waals surface area contributed by atoms with Crippen LogP contribution in [0.5, 0.6) is 0 Å². The number of rotatable bonds is 5. The predicted molar refractivity (Wildman–Crippen MR) is 94.8 cm³/mol. The Morgan fingerprint density at radius 1 is 1.19 bits per heavy atom. The average molecular weight is 428 g/mol. The van der Waals surface area contributed by atoms with Crippen molar-refractivity contribution >= 4 is 39.6 Å². The van der Waals surface area contributed by atoms with Crippen molar-refractivity contribution in [1.29, 1.82) is 0 Å². The van der Waals surface area contributed by atoms with Crippen LogP contribution in [-0.4, -0.2) is 23.9 Å². The number of carbonyl (C=O) groups excluding carboxylic acids is 1. The zero-order valence-electron chi connectivity index (χ0n) is 13.5. The number of aliphatic imine (C=N–C) groups is 1. The Balaban J connectivity index is 2.52. The topological polar surface area (TPSA) is 58.9 Å². The van der Waals surface area contributed by atoms with E-state index in [1.165, 1.54) is 12.1 Å². The molecule has 1 N–H and O–H groups in total. The summed E-state index contributed by atoms with van der Waals surface area (Å²) in [6, 6.07) is 6.55. The minimum absolute atomic E-state index is 0.00279. The predicted octanol–water partition coefficient (Wildman–Crippen LogP) is 5.10. The molecule has 26 heavy (non-hydrogen) atoms. The van der Waals surface area contributed by atoms with Gasteiger partial charge in [-0.25, -0.2) is 18.0 Å². The van der Waals surface area contributed by atoms with Gasteiger partial charge in [-0.05, 0) is 59.3 Å². The van der Waals surface area contributed by atoms with Crippen LogP contribution < -0.4 is 0 Å². The molecule has 0 fully saturated rings. The molecule has 0 atom stereocenters. The molecule has 0 aliphatic rings. The molecule has 0 amide bonds. The van der Waals surface area contributed by atoms with E-state index < -0.39 is 40.3 Å². The molecule has 0 saturated heterocycles. The Labute approximate surface area is 155 Å². The second-order valence-electron chi connectivity index (χ2n) is 4.96. The highest BCUT2D eigenvalue weighted by Crippen LogP contribution is 2.26. The maximum Gasteiger partial charge on any atom is 0.343 e. The zero-order chi connectivity index (χ0) is 19.3. The molecule has 0 saturated carbocycles. The van der Waals surface area contributed by atoms with Gasteiger partial charge in [-0.2, -0.15) is 0 Å². The molecule has 136 valence electrons. The highest BCUT2D eigenvalue weighted by atomic mass is 79.9. The molecule has 8 heteroatoms. The highest BCUT2D eigenvalue weighted by Gasteiger charge is 2.20. The number of benzene rings is 2. The third kappa shape index (κ3) is 4.72. The molecule has 0 aliphatic heterocycles. The zero-order valence-corrected chi connectivity index (χ0v) is 15.1. The number of nitrogens with zero attached hydrogens (tertiary/aromatic N) is 1. The van der Waals surface area contributed by atoms with Gasteiger partial charge in [0.25, 0.3) is 0 Å². The van der Waals surface area contributed by atoms with Crippen LogP contribution >= 0.6 is 15.9 Å². The summed E-state index contributed by atoms with van der Waals surface area (Å²) < 4.78 is 45.4. The van der Waals surface area contributed by atoms with Gasteiger partial charge in [0, 0.05) is 6.21 Å². The van der Waals surface area contributed by atoms with Crippen molar-refractivity contribution in [2.75, 3.05) is 6.61 Å². The monoisotopic (exact) mass is 427 g/mol. The quantitative estimate of drug-likeness (QED) is 0.237. The molecule has 0 unspecified atom stereocenters. The van der Waals surface area contributed by atoms with Gasteiger partial charge in [-0.3, -0.25) is 4.99 Å². The summed E-state index contributed by atoms with van der Waals surface area (Å²) in [5.41, 5.74) is -0.723. The summed E-state index contributed by atoms with van der Waals surface area (Å²) in [7, 11) is 0. The van der Waals surface area contributed by atoms with Crippen molar-refractivity contribution in [3.05, 3.63) is 69.5 Å². The number of esters is 1. The van der Waals surface area contributed by atoms with E-state index in [9.17, 15) is 23.1 Å². The number of halogens is 4. The second-order valence-corrected chi connectivity index (χ2v) is 5.82. The smallest absolute Gasteiger partial charge is 0.343 e. The lowest BCUT2D eigenvalue weighted by atomic mass is 10.1. The third-order valence-electron chi connectivity index (χ3n) is 3.18. The first-order valence-electron chi connectivity index (χ1n) is 7.38. The van der Waals surface area contributed by atoms with Crippen LogP contribution in [0, 0.1) is 17.5 Å². The molecular weight excluding hydrogens is 415 g/mol. The van der Waals surface area contributed by atoms with Gasteiger partial charge < -0.3 is 9.84 Å². The molecule has 0 heterocycles. The van der Waals surface area contributed by atoms with E-state index in [-0.39, 0.29) is 16.8 Å². The van der Waals surface area contributed by atoms with Gasteiger partial charge in [-0.15, -0.1) is 0 Å². The number of hydrogen-bond acceptors (Lipinski definition) is 4. The summed E-state index contributed by atoms with van der Waals surface area (Å²) in [5.74, 6) is -4.06. The summed E-state index contributed by atoms with van der Waals surface area (Å²) >= 11 is 2.83. The third-order valence-corrected chi connectivity index (χ3v) is 3.79. The van der Waals surface area contributed by atoms with Crippen LogP contribution in [0.3, 0.4) is 0 Å². The summed E-state index contributed by atoms with van der Waals surface area (Å²) in [5, 5.41) is 10.3. The summed E-state index contributed by atoms with van der Waals surface area (Å²) in [6.45, 7) is 1.54. The van der Waals surface area contributed by atoms with Crippen molar-refractivity contribution in [1.82, 2.24) is 0 Å². The number of hydrogen-bond donors (Lipinski definition) is 1. The van der Waals surface area contributed by atoms with Crippen LogP contribution in [0.4, 0.5) is 18.9 Å². The molecule has 0 bridgehead atoms. The molecule has 0 aromatic heterocycles. The van der Waals surface area contributed by atoms with Gasteiger partial charge in [0.2, 0.25) is 0 Å². The Morgan fingerprint density at radius 2 is 1.85 bits per heavy atom. The van der Waals surface area contributed by atoms with Crippen molar-refractivity contribution in [3.8, 4) is 0 Å². The number of carbonyl (C=O) groups is 1. The molecule has 2 aromatic carbocycles. The second kappa shape index (κ2) is 8.66. The van der Waals surface area contributed by atoms with Crippen LogP contribution in [0.2, 0.25) is 0 Å². The van der Waals surface area contributed by atoms with Crippen molar-refractivity contribution in [3.63, 3.8) is 0 Å². The minimum atomic E-state index is -0.974. The minimum Gasteiger partial charge on any atom is -0.506 e. The fourth-order valence-corrected chi connectivity index (χ4v) is 2.25. The van der Waals surface area contributed by atoms with E-state index in [0.717, 1.165) is 30.5 Å². The van der Waals surface area contributed by atoms with Gasteiger partial charge in [0.1, 0.15) is 28.8 Å². The van der Waals surface area contributed by atoms with E-state index in [1.54, 1.807) is 6.92 Å². The van der Waals surface area contributed by atoms with Crippen LogP contribution in [0.25, 0.3) is 5.76 Å². The van der Waals surface area contributed by atoms with E-state index >= 15 is 0 Å². The van der Waals surface area contributed by atoms with E-state index in [0.29, 0.717) is 0 Å². The molecule has 0 radical (unpaired) electrons. The van der Waals surface area contributed by atoms with Gasteiger partial charge >= 0.3 is 5.97 Å². The lowest BCUT2D eigenvalue weighted by Crippen LogP contribution is -2.12. The van der Waals surface area contributed by atoms with E-state index in [4.69, 9.17) is 4.74 Å². The molecular formula is C18H13BrF3NO3. The maximum absolute atomic E-state index is 14.1. The summed E-state index contributed by atoms with van der Waals surface area (Å²) in [4.78, 5) is 16.0. The lowest BCUT2D eigenvalue weighted by molar-refractivity contribution is -0.137. The van der Waals surface area contributed by atoms with Crippen LogP contribution in [0.15, 0.2) is 51.4 Å². The summed E-state index contributed by atoms with van der Waals surface area (Å²) in [6.07, 6.45) is 0.944. The molecule has 2 rings (SSSR count). The molecule has 0 aliphatic carbocycles. The lowest BCUT2D eigenvalue weighted by Gasteiger charge is -2.08. The Hall–Kier alpha value is -2.61. The Kier molecular flexibility index (Phi) is 6.57. The van der Waals surface area contributed by atoms with Gasteiger partial charge in [-0.1, -0.05) is 0 Å². The van der Waals surface area contributed by atoms with Crippen molar-refractivity contribution < 1.29 is 27.8 Å². The normalized spacial score (nSPS) is 12.2. The molecule has 2 aromatic rings. The van der Waals surface area contributed by atoms with E-state index in [1.807, 2.05) is 0 Å². The van der Waals surface area contributed by atoms with Gasteiger partial charge in [0.15, 0.2) is 0 Å². The standard InChI is InChI=1S/C18H13BrF3NO3/c1-2-26-18(25)13(9-23-11-5-3-10(20)4-6-11)17(24)12-7-16(22)14(19)8-15(12)21/h3-9,24H,2H2,1H3/b17-13+,23-9?.